The molecule has 0 spiro atoms. The smallest absolute Gasteiger partial charge is 0.0471 e. The third-order valence-corrected chi connectivity index (χ3v) is 9.98. The summed E-state index contributed by atoms with van der Waals surface area (Å²) in [5.74, 6) is 0. The molecule has 5 aromatic rings. The molecule has 0 radical (unpaired) electrons. The fraction of sp³-hybridized carbons (Fsp3) is 0.286. The molecule has 2 aliphatic carbocycles. The minimum atomic E-state index is -0.153. The van der Waals surface area contributed by atoms with Crippen LogP contribution >= 0.6 is 0 Å². The van der Waals surface area contributed by atoms with Crippen molar-refractivity contribution < 1.29 is 0 Å². The van der Waals surface area contributed by atoms with Crippen LogP contribution in [0.5, 0.6) is 0 Å². The summed E-state index contributed by atoms with van der Waals surface area (Å²) < 4.78 is 0. The van der Waals surface area contributed by atoms with Crippen molar-refractivity contribution >= 4 is 33.4 Å². The molecule has 0 saturated heterocycles. The lowest BCUT2D eigenvalue weighted by Crippen LogP contribution is -2.24. The summed E-state index contributed by atoms with van der Waals surface area (Å²) in [5.41, 5.74) is 16.8. The molecule has 0 bridgehead atoms. The first-order valence-corrected chi connectivity index (χ1v) is 15.6. The van der Waals surface area contributed by atoms with Gasteiger partial charge in [0.1, 0.15) is 0 Å². The Balaban J connectivity index is 1.49. The third-order valence-electron chi connectivity index (χ3n) is 9.98. The maximum atomic E-state index is 4.70. The summed E-state index contributed by atoms with van der Waals surface area (Å²) >= 11 is 0. The molecule has 43 heavy (non-hydrogen) atoms. The van der Waals surface area contributed by atoms with Gasteiger partial charge in [-0.05, 0) is 121 Å². The monoisotopic (exact) mass is 561 g/mol. The van der Waals surface area contributed by atoms with Crippen molar-refractivity contribution in [3.63, 3.8) is 0 Å². The zero-order valence-electron chi connectivity index (χ0n) is 27.2. The summed E-state index contributed by atoms with van der Waals surface area (Å²) in [7, 11) is 0. The van der Waals surface area contributed by atoms with Crippen molar-refractivity contribution in [3.8, 4) is 11.1 Å². The normalized spacial score (nSPS) is 14.9. The Bertz CT molecular complexity index is 1900. The Morgan fingerprint density at radius 1 is 0.605 bits per heavy atom. The van der Waals surface area contributed by atoms with Gasteiger partial charge in [-0.25, -0.2) is 0 Å². The van der Waals surface area contributed by atoms with E-state index in [2.05, 4.69) is 152 Å². The average molecular weight is 562 g/mol. The third kappa shape index (κ3) is 4.04. The van der Waals surface area contributed by atoms with Crippen molar-refractivity contribution in [2.75, 3.05) is 4.90 Å². The topological polar surface area (TPSA) is 3.24 Å². The van der Waals surface area contributed by atoms with Gasteiger partial charge in [-0.15, -0.1) is 0 Å². The fourth-order valence-electron chi connectivity index (χ4n) is 7.38. The summed E-state index contributed by atoms with van der Waals surface area (Å²) in [6.07, 6.45) is 0. The SMILES string of the molecule is C=C1c2cc(N(c3ccc(C(C)(C)C)cc3)c3ccc(C(C)(C)C)cc3)cc3c2-c2c1cc(C)c1cccc(c21)C3(C)C. The minimum Gasteiger partial charge on any atom is -0.310 e. The molecule has 7 rings (SSSR count). The van der Waals surface area contributed by atoms with Crippen molar-refractivity contribution in [1.82, 2.24) is 0 Å². The standard InChI is InChI=1S/C42H43N/c1-25-22-33-26(2)34-23-31(24-36-38(34)39(33)37-32(25)12-11-13-35(37)42(36,9)10)43(29-18-14-27(15-19-29)40(3,4)5)30-20-16-28(17-21-30)41(6,7)8/h11-24H,2H2,1,3-10H3. The lowest BCUT2D eigenvalue weighted by molar-refractivity contribution is 0.590. The molecule has 1 heteroatoms. The molecule has 0 fully saturated rings. The number of hydrogen-bond donors (Lipinski definition) is 0. The van der Waals surface area contributed by atoms with E-state index in [4.69, 9.17) is 6.58 Å². The van der Waals surface area contributed by atoms with Gasteiger partial charge in [0, 0.05) is 22.5 Å². The predicted molar refractivity (Wildman–Crippen MR) is 186 cm³/mol. The van der Waals surface area contributed by atoms with Crippen LogP contribution in [-0.2, 0) is 16.2 Å². The lowest BCUT2D eigenvalue weighted by atomic mass is 9.68. The molecule has 5 aromatic carbocycles. The number of nitrogens with zero attached hydrogens (tertiary/aromatic N) is 1. The Labute approximate surface area is 257 Å². The Kier molecular flexibility index (Phi) is 5.77. The summed E-state index contributed by atoms with van der Waals surface area (Å²) in [5, 5.41) is 2.77. The predicted octanol–water partition coefficient (Wildman–Crippen LogP) is 11.9. The average Bonchev–Trinajstić information content (AvgIpc) is 3.23. The Hall–Kier alpha value is -4.10. The van der Waals surface area contributed by atoms with Crippen molar-refractivity contribution in [2.24, 2.45) is 0 Å². The van der Waals surface area contributed by atoms with Crippen LogP contribution in [0.4, 0.5) is 17.1 Å². The number of hydrogen-bond acceptors (Lipinski definition) is 1. The highest BCUT2D eigenvalue weighted by Crippen LogP contribution is 2.59. The zero-order chi connectivity index (χ0) is 30.6. The number of rotatable bonds is 3. The molecular formula is C42H43N. The molecule has 2 aliphatic rings. The van der Waals surface area contributed by atoms with Crippen molar-refractivity contribution in [2.45, 2.75) is 78.6 Å². The van der Waals surface area contributed by atoms with Gasteiger partial charge in [-0.1, -0.05) is 110 Å². The highest BCUT2D eigenvalue weighted by molar-refractivity contribution is 6.16. The van der Waals surface area contributed by atoms with E-state index in [0.717, 1.165) is 16.9 Å². The molecule has 1 nitrogen and oxygen atoms in total. The second-order valence-corrected chi connectivity index (χ2v) is 15.3. The van der Waals surface area contributed by atoms with Gasteiger partial charge in [0.2, 0.25) is 0 Å². The van der Waals surface area contributed by atoms with Crippen LogP contribution in [0.15, 0.2) is 91.5 Å². The van der Waals surface area contributed by atoms with Crippen LogP contribution in [0, 0.1) is 6.92 Å². The van der Waals surface area contributed by atoms with Gasteiger partial charge < -0.3 is 4.90 Å². The number of benzene rings is 5. The maximum Gasteiger partial charge on any atom is 0.0471 e. The zero-order valence-corrected chi connectivity index (χ0v) is 27.2. The Morgan fingerprint density at radius 3 is 1.67 bits per heavy atom. The number of anilines is 3. The first-order valence-electron chi connectivity index (χ1n) is 15.6. The van der Waals surface area contributed by atoms with Gasteiger partial charge in [-0.3, -0.25) is 0 Å². The number of aryl methyl sites for hydroxylation is 1. The summed E-state index contributed by atoms with van der Waals surface area (Å²) in [6, 6.07) is 32.4. The van der Waals surface area contributed by atoms with Crippen molar-refractivity contribution in [1.29, 1.82) is 0 Å². The van der Waals surface area contributed by atoms with E-state index < -0.39 is 0 Å². The minimum absolute atomic E-state index is 0.0971. The molecule has 0 amide bonds. The van der Waals surface area contributed by atoms with Gasteiger partial charge in [0.05, 0.1) is 0 Å². The van der Waals surface area contributed by atoms with Crippen LogP contribution in [-0.4, -0.2) is 0 Å². The van der Waals surface area contributed by atoms with E-state index in [1.165, 1.54) is 66.5 Å². The van der Waals surface area contributed by atoms with E-state index in [1.54, 1.807) is 0 Å². The summed E-state index contributed by atoms with van der Waals surface area (Å²) in [6.45, 7) is 25.4. The quantitative estimate of drug-likeness (QED) is 0.208. The van der Waals surface area contributed by atoms with Crippen LogP contribution in [0.25, 0.3) is 27.5 Å². The van der Waals surface area contributed by atoms with Crippen molar-refractivity contribution in [3.05, 3.63) is 130 Å². The molecule has 0 unspecified atom stereocenters. The molecule has 0 saturated carbocycles. The second kappa shape index (κ2) is 8.96. The van der Waals surface area contributed by atoms with Gasteiger partial charge in [-0.2, -0.15) is 0 Å². The lowest BCUT2D eigenvalue weighted by Gasteiger charge is -2.36. The van der Waals surface area contributed by atoms with Crippen LogP contribution in [0.3, 0.4) is 0 Å². The first-order chi connectivity index (χ1) is 20.2. The molecule has 216 valence electrons. The maximum absolute atomic E-state index is 4.70. The molecule has 0 atom stereocenters. The van der Waals surface area contributed by atoms with E-state index in [0.29, 0.717) is 0 Å². The molecule has 0 N–H and O–H groups in total. The molecular weight excluding hydrogens is 518 g/mol. The highest BCUT2D eigenvalue weighted by atomic mass is 15.1. The van der Waals surface area contributed by atoms with E-state index in [-0.39, 0.29) is 16.2 Å². The molecule has 0 aromatic heterocycles. The van der Waals surface area contributed by atoms with Crippen LogP contribution < -0.4 is 4.90 Å². The van der Waals surface area contributed by atoms with Crippen LogP contribution in [0.1, 0.15) is 94.3 Å². The van der Waals surface area contributed by atoms with Crippen LogP contribution in [0.2, 0.25) is 0 Å². The summed E-state index contributed by atoms with van der Waals surface area (Å²) in [4.78, 5) is 2.43. The largest absolute Gasteiger partial charge is 0.310 e. The second-order valence-electron chi connectivity index (χ2n) is 15.3. The van der Waals surface area contributed by atoms with E-state index in [9.17, 15) is 0 Å². The molecule has 0 heterocycles. The van der Waals surface area contributed by atoms with Gasteiger partial charge in [0.25, 0.3) is 0 Å². The fourth-order valence-corrected chi connectivity index (χ4v) is 7.38. The van der Waals surface area contributed by atoms with Gasteiger partial charge in [0.15, 0.2) is 0 Å². The Morgan fingerprint density at radius 2 is 1.14 bits per heavy atom. The highest BCUT2D eigenvalue weighted by Gasteiger charge is 2.40. The molecule has 0 aliphatic heterocycles. The van der Waals surface area contributed by atoms with E-state index in [1.807, 2.05) is 0 Å². The first kappa shape index (κ1) is 27.7. The van der Waals surface area contributed by atoms with E-state index >= 15 is 0 Å². The van der Waals surface area contributed by atoms with Gasteiger partial charge >= 0.3 is 0 Å².